The summed E-state index contributed by atoms with van der Waals surface area (Å²) in [6, 6.07) is 8.07. The lowest BCUT2D eigenvalue weighted by molar-refractivity contribution is 0.289. The van der Waals surface area contributed by atoms with Gasteiger partial charge in [-0.3, -0.25) is 0 Å². The Hall–Kier alpha value is -0.870. The molecule has 1 rings (SSSR count). The number of rotatable bonds is 9. The van der Waals surface area contributed by atoms with Gasteiger partial charge in [-0.05, 0) is 25.5 Å². The summed E-state index contributed by atoms with van der Waals surface area (Å²) in [4.78, 5) is 0. The fourth-order valence-corrected chi connectivity index (χ4v) is 2.31. The summed E-state index contributed by atoms with van der Waals surface area (Å²) in [5.41, 5.74) is 5.85. The molecular weight excluding hydrogens is 246 g/mol. The molecule has 1 aromatic rings. The number of thioether (sulfide) groups is 1. The quantitative estimate of drug-likeness (QED) is 0.700. The van der Waals surface area contributed by atoms with Crippen molar-refractivity contribution in [3.8, 4) is 11.5 Å². The van der Waals surface area contributed by atoms with Gasteiger partial charge in [-0.1, -0.05) is 19.1 Å². The van der Waals surface area contributed by atoms with E-state index in [9.17, 15) is 0 Å². The first-order chi connectivity index (χ1) is 8.77. The van der Waals surface area contributed by atoms with E-state index in [1.165, 1.54) is 0 Å². The summed E-state index contributed by atoms with van der Waals surface area (Å²) in [5.74, 6) is 3.58. The summed E-state index contributed by atoms with van der Waals surface area (Å²) in [5, 5.41) is 0. The summed E-state index contributed by atoms with van der Waals surface area (Å²) >= 11 is 1.83. The van der Waals surface area contributed by atoms with Crippen LogP contribution in [0.25, 0.3) is 0 Å². The Bertz CT molecular complexity index is 333. The first kappa shape index (κ1) is 15.2. The summed E-state index contributed by atoms with van der Waals surface area (Å²) < 4.78 is 11.2. The minimum atomic E-state index is 0.297. The molecule has 0 heterocycles. The van der Waals surface area contributed by atoms with Gasteiger partial charge in [0.2, 0.25) is 0 Å². The SMILES string of the molecule is CCOc1ccccc1OCCSCC(N)CC. The molecule has 0 aliphatic heterocycles. The first-order valence-electron chi connectivity index (χ1n) is 6.45. The van der Waals surface area contributed by atoms with E-state index in [1.54, 1.807) is 0 Å². The lowest BCUT2D eigenvalue weighted by Crippen LogP contribution is -2.21. The third-order valence-electron chi connectivity index (χ3n) is 2.49. The Morgan fingerprint density at radius 3 is 2.44 bits per heavy atom. The molecule has 1 unspecified atom stereocenters. The van der Waals surface area contributed by atoms with Crippen LogP contribution in [0, 0.1) is 0 Å². The maximum Gasteiger partial charge on any atom is 0.161 e. The highest BCUT2D eigenvalue weighted by Gasteiger charge is 2.03. The van der Waals surface area contributed by atoms with Crippen LogP contribution in [-0.4, -0.2) is 30.8 Å². The van der Waals surface area contributed by atoms with Crippen LogP contribution in [0.3, 0.4) is 0 Å². The van der Waals surface area contributed by atoms with Crippen molar-refractivity contribution in [1.82, 2.24) is 0 Å². The number of para-hydroxylation sites is 2. The van der Waals surface area contributed by atoms with Gasteiger partial charge in [-0.25, -0.2) is 0 Å². The van der Waals surface area contributed by atoms with Gasteiger partial charge in [0.15, 0.2) is 11.5 Å². The van der Waals surface area contributed by atoms with E-state index in [4.69, 9.17) is 15.2 Å². The molecule has 1 atom stereocenters. The molecule has 4 heteroatoms. The standard InChI is InChI=1S/C14H23NO2S/c1-3-12(15)11-18-10-9-17-14-8-6-5-7-13(14)16-4-2/h5-8,12H,3-4,9-11,15H2,1-2H3. The third kappa shape index (κ3) is 5.65. The molecule has 102 valence electrons. The third-order valence-corrected chi connectivity index (χ3v) is 3.61. The van der Waals surface area contributed by atoms with Crippen molar-refractivity contribution in [2.24, 2.45) is 5.73 Å². The van der Waals surface area contributed by atoms with E-state index in [-0.39, 0.29) is 0 Å². The minimum Gasteiger partial charge on any atom is -0.490 e. The molecule has 2 N–H and O–H groups in total. The predicted molar refractivity (Wildman–Crippen MR) is 78.7 cm³/mol. The van der Waals surface area contributed by atoms with Crippen LogP contribution >= 0.6 is 11.8 Å². The average Bonchev–Trinajstić information content (AvgIpc) is 2.40. The number of nitrogens with two attached hydrogens (primary N) is 1. The Balaban J connectivity index is 2.26. The number of ether oxygens (including phenoxy) is 2. The van der Waals surface area contributed by atoms with Gasteiger partial charge in [0.05, 0.1) is 13.2 Å². The zero-order chi connectivity index (χ0) is 13.2. The van der Waals surface area contributed by atoms with Gasteiger partial charge < -0.3 is 15.2 Å². The van der Waals surface area contributed by atoms with Crippen molar-refractivity contribution in [1.29, 1.82) is 0 Å². The minimum absolute atomic E-state index is 0.297. The largest absolute Gasteiger partial charge is 0.490 e. The molecule has 0 aliphatic carbocycles. The van der Waals surface area contributed by atoms with E-state index in [0.29, 0.717) is 19.3 Å². The van der Waals surface area contributed by atoms with Crippen LogP contribution in [0.15, 0.2) is 24.3 Å². The lowest BCUT2D eigenvalue weighted by atomic mass is 10.3. The molecule has 0 radical (unpaired) electrons. The van der Waals surface area contributed by atoms with Crippen LogP contribution < -0.4 is 15.2 Å². The van der Waals surface area contributed by atoms with Crippen LogP contribution in [-0.2, 0) is 0 Å². The van der Waals surface area contributed by atoms with Crippen LogP contribution in [0.4, 0.5) is 0 Å². The average molecular weight is 269 g/mol. The first-order valence-corrected chi connectivity index (χ1v) is 7.61. The van der Waals surface area contributed by atoms with Crippen molar-refractivity contribution in [2.75, 3.05) is 24.7 Å². The lowest BCUT2D eigenvalue weighted by Gasteiger charge is -2.12. The summed E-state index contributed by atoms with van der Waals surface area (Å²) in [6.45, 7) is 5.42. The van der Waals surface area contributed by atoms with Crippen LogP contribution in [0.1, 0.15) is 20.3 Å². The van der Waals surface area contributed by atoms with Crippen molar-refractivity contribution in [3.63, 3.8) is 0 Å². The molecule has 0 saturated carbocycles. The highest BCUT2D eigenvalue weighted by Crippen LogP contribution is 2.26. The van der Waals surface area contributed by atoms with Crippen molar-refractivity contribution in [2.45, 2.75) is 26.3 Å². The van der Waals surface area contributed by atoms with Gasteiger partial charge in [0.1, 0.15) is 0 Å². The topological polar surface area (TPSA) is 44.5 Å². The Labute approximate surface area is 114 Å². The number of benzene rings is 1. The fraction of sp³-hybridized carbons (Fsp3) is 0.571. The van der Waals surface area contributed by atoms with E-state index < -0.39 is 0 Å². The zero-order valence-electron chi connectivity index (χ0n) is 11.2. The van der Waals surface area contributed by atoms with Crippen molar-refractivity contribution >= 4 is 11.8 Å². The summed E-state index contributed by atoms with van der Waals surface area (Å²) in [6.07, 6.45) is 1.03. The molecule has 0 bridgehead atoms. The van der Waals surface area contributed by atoms with Crippen LogP contribution in [0.5, 0.6) is 11.5 Å². The van der Waals surface area contributed by atoms with Gasteiger partial charge in [0, 0.05) is 17.5 Å². The molecule has 0 saturated heterocycles. The summed E-state index contributed by atoms with van der Waals surface area (Å²) in [7, 11) is 0. The molecular formula is C14H23NO2S. The fourth-order valence-electron chi connectivity index (χ4n) is 1.41. The highest BCUT2D eigenvalue weighted by molar-refractivity contribution is 7.99. The Morgan fingerprint density at radius 2 is 1.83 bits per heavy atom. The molecule has 0 aromatic heterocycles. The van der Waals surface area contributed by atoms with Gasteiger partial charge >= 0.3 is 0 Å². The zero-order valence-corrected chi connectivity index (χ0v) is 12.0. The molecule has 0 amide bonds. The Morgan fingerprint density at radius 1 is 1.17 bits per heavy atom. The number of hydrogen-bond acceptors (Lipinski definition) is 4. The Kier molecular flexibility index (Phi) is 7.69. The second-order valence-corrected chi connectivity index (χ2v) is 5.12. The van der Waals surface area contributed by atoms with E-state index in [2.05, 4.69) is 6.92 Å². The molecule has 0 fully saturated rings. The molecule has 18 heavy (non-hydrogen) atoms. The van der Waals surface area contributed by atoms with E-state index >= 15 is 0 Å². The predicted octanol–water partition coefficient (Wildman–Crippen LogP) is 2.93. The monoisotopic (exact) mass is 269 g/mol. The normalized spacial score (nSPS) is 12.2. The van der Waals surface area contributed by atoms with Crippen molar-refractivity contribution < 1.29 is 9.47 Å². The number of hydrogen-bond donors (Lipinski definition) is 1. The van der Waals surface area contributed by atoms with Crippen molar-refractivity contribution in [3.05, 3.63) is 24.3 Å². The maximum atomic E-state index is 5.85. The maximum absolute atomic E-state index is 5.85. The van der Waals surface area contributed by atoms with Gasteiger partial charge in [-0.15, -0.1) is 0 Å². The molecule has 3 nitrogen and oxygen atoms in total. The molecule has 0 spiro atoms. The van der Waals surface area contributed by atoms with E-state index in [0.717, 1.165) is 29.4 Å². The second-order valence-electron chi connectivity index (χ2n) is 3.97. The van der Waals surface area contributed by atoms with Crippen LogP contribution in [0.2, 0.25) is 0 Å². The smallest absolute Gasteiger partial charge is 0.161 e. The molecule has 0 aliphatic rings. The molecule has 1 aromatic carbocycles. The van der Waals surface area contributed by atoms with E-state index in [1.807, 2.05) is 43.0 Å². The van der Waals surface area contributed by atoms with Gasteiger partial charge in [0.25, 0.3) is 0 Å². The highest BCUT2D eigenvalue weighted by atomic mass is 32.2. The van der Waals surface area contributed by atoms with Gasteiger partial charge in [-0.2, -0.15) is 11.8 Å². The second kappa shape index (κ2) is 9.11.